The zero-order valence-electron chi connectivity index (χ0n) is 16.0. The molecule has 2 heterocycles. The van der Waals surface area contributed by atoms with E-state index in [0.29, 0.717) is 10.1 Å². The minimum Gasteiger partial charge on any atom is -0.465 e. The molecule has 0 aromatic heterocycles. The zero-order chi connectivity index (χ0) is 21.2. The smallest absolute Gasteiger partial charge is 0.356 e. The van der Waals surface area contributed by atoms with E-state index in [-0.39, 0.29) is 21.2 Å². The first-order valence-electron chi connectivity index (χ1n) is 7.62. The Labute approximate surface area is 169 Å². The highest BCUT2D eigenvalue weighted by Crippen LogP contribution is 2.50. The summed E-state index contributed by atoms with van der Waals surface area (Å²) in [5.74, 6) is -2.89. The molecule has 0 saturated carbocycles. The number of esters is 4. The van der Waals surface area contributed by atoms with Crippen molar-refractivity contribution < 1.29 is 38.1 Å². The molecule has 28 heavy (non-hydrogen) atoms. The summed E-state index contributed by atoms with van der Waals surface area (Å²) < 4.78 is 19.0. The Bertz CT molecular complexity index is 778. The van der Waals surface area contributed by atoms with Crippen LogP contribution in [0.2, 0.25) is 0 Å². The first kappa shape index (κ1) is 21.7. The molecular formula is C16H18N2O8S2. The Balaban J connectivity index is 2.56. The van der Waals surface area contributed by atoms with Gasteiger partial charge in [0.05, 0.1) is 28.4 Å². The molecule has 0 saturated heterocycles. The lowest BCUT2D eigenvalue weighted by atomic mass is 10.3. The summed E-state index contributed by atoms with van der Waals surface area (Å²) in [4.78, 5) is 51.6. The van der Waals surface area contributed by atoms with Gasteiger partial charge in [0.25, 0.3) is 0 Å². The standard InChI is InChI=1S/C16H18N2O8S2/c1-17-7(13(19)23-3)9(15(21)25-5)27-11(17)12-18(2)8(14(20)24-4)10(28-12)16(22)26-6/h1-6H3/b12-11+. The van der Waals surface area contributed by atoms with E-state index in [1.54, 1.807) is 14.1 Å². The molecule has 0 radical (unpaired) electrons. The molecule has 12 heteroatoms. The van der Waals surface area contributed by atoms with Crippen LogP contribution in [-0.2, 0) is 38.1 Å². The van der Waals surface area contributed by atoms with E-state index in [4.69, 9.17) is 18.9 Å². The third kappa shape index (κ3) is 3.56. The van der Waals surface area contributed by atoms with Crippen molar-refractivity contribution in [2.24, 2.45) is 0 Å². The summed E-state index contributed by atoms with van der Waals surface area (Å²) in [6.07, 6.45) is 0. The highest BCUT2D eigenvalue weighted by molar-refractivity contribution is 8.11. The van der Waals surface area contributed by atoms with E-state index in [1.807, 2.05) is 0 Å². The lowest BCUT2D eigenvalue weighted by Gasteiger charge is -2.22. The normalized spacial score (nSPS) is 19.2. The summed E-state index contributed by atoms with van der Waals surface area (Å²) in [6.45, 7) is 0. The van der Waals surface area contributed by atoms with Crippen LogP contribution in [0.4, 0.5) is 0 Å². The van der Waals surface area contributed by atoms with Gasteiger partial charge in [-0.1, -0.05) is 23.5 Å². The lowest BCUT2D eigenvalue weighted by Crippen LogP contribution is -2.25. The molecule has 0 atom stereocenters. The minimum atomic E-state index is -0.731. The SMILES string of the molecule is COC(=O)C1=C(C(=O)OC)N(C)/C(=C2\SC(C(=O)OC)=C(C(=O)OC)N2C)S1. The number of carbonyl (C=O) groups is 4. The molecule has 10 nitrogen and oxygen atoms in total. The van der Waals surface area contributed by atoms with Crippen molar-refractivity contribution in [3.63, 3.8) is 0 Å². The van der Waals surface area contributed by atoms with Crippen LogP contribution in [0.15, 0.2) is 31.3 Å². The second kappa shape index (κ2) is 8.61. The maximum Gasteiger partial charge on any atom is 0.356 e. The third-order valence-electron chi connectivity index (χ3n) is 3.79. The first-order valence-corrected chi connectivity index (χ1v) is 9.25. The van der Waals surface area contributed by atoms with Crippen molar-refractivity contribution in [3.05, 3.63) is 31.3 Å². The van der Waals surface area contributed by atoms with E-state index < -0.39 is 23.9 Å². The van der Waals surface area contributed by atoms with Crippen molar-refractivity contribution in [2.75, 3.05) is 42.5 Å². The zero-order valence-corrected chi connectivity index (χ0v) is 17.6. The number of ether oxygens (including phenoxy) is 4. The van der Waals surface area contributed by atoms with Crippen LogP contribution in [-0.4, -0.2) is 76.2 Å². The number of rotatable bonds is 4. The average molecular weight is 430 g/mol. The first-order chi connectivity index (χ1) is 13.2. The van der Waals surface area contributed by atoms with Crippen molar-refractivity contribution in [3.8, 4) is 0 Å². The molecule has 0 unspecified atom stereocenters. The predicted molar refractivity (Wildman–Crippen MR) is 99.9 cm³/mol. The quantitative estimate of drug-likeness (QED) is 0.459. The Morgan fingerprint density at radius 2 is 0.893 bits per heavy atom. The molecule has 0 amide bonds. The van der Waals surface area contributed by atoms with E-state index in [1.165, 1.54) is 38.2 Å². The van der Waals surface area contributed by atoms with Gasteiger partial charge in [-0.3, -0.25) is 0 Å². The van der Waals surface area contributed by atoms with Gasteiger partial charge in [0.1, 0.15) is 31.3 Å². The van der Waals surface area contributed by atoms with Crippen LogP contribution in [0.25, 0.3) is 0 Å². The van der Waals surface area contributed by atoms with Gasteiger partial charge in [-0.05, 0) is 0 Å². The number of carbonyl (C=O) groups excluding carboxylic acids is 4. The maximum atomic E-state index is 12.2. The highest BCUT2D eigenvalue weighted by Gasteiger charge is 2.43. The van der Waals surface area contributed by atoms with Crippen molar-refractivity contribution in [1.82, 2.24) is 9.80 Å². The van der Waals surface area contributed by atoms with Crippen LogP contribution >= 0.6 is 23.5 Å². The summed E-state index contributed by atoms with van der Waals surface area (Å²) in [5, 5.41) is 0.849. The Morgan fingerprint density at radius 3 is 1.14 bits per heavy atom. The number of likely N-dealkylation sites (N-methyl/N-ethyl adjacent to an activating group) is 2. The topological polar surface area (TPSA) is 112 Å². The van der Waals surface area contributed by atoms with Gasteiger partial charge in [-0.15, -0.1) is 0 Å². The third-order valence-corrected chi connectivity index (χ3v) is 6.37. The predicted octanol–water partition coefficient (Wildman–Crippen LogP) is 0.585. The van der Waals surface area contributed by atoms with Gasteiger partial charge in [0.15, 0.2) is 0 Å². The summed E-state index contributed by atoms with van der Waals surface area (Å²) in [7, 11) is 7.88. The summed E-state index contributed by atoms with van der Waals surface area (Å²) in [6, 6.07) is 0. The van der Waals surface area contributed by atoms with Crippen LogP contribution in [0.1, 0.15) is 0 Å². The van der Waals surface area contributed by atoms with Crippen molar-refractivity contribution >= 4 is 47.4 Å². The maximum absolute atomic E-state index is 12.2. The Hall–Kier alpha value is -2.60. The van der Waals surface area contributed by atoms with Crippen molar-refractivity contribution in [1.29, 1.82) is 0 Å². The Kier molecular flexibility index (Phi) is 6.67. The van der Waals surface area contributed by atoms with E-state index in [2.05, 4.69) is 0 Å². The lowest BCUT2D eigenvalue weighted by molar-refractivity contribution is -0.139. The van der Waals surface area contributed by atoms with Gasteiger partial charge in [0, 0.05) is 14.1 Å². The van der Waals surface area contributed by atoms with E-state index in [0.717, 1.165) is 23.5 Å². The number of thioether (sulfide) groups is 2. The molecule has 0 fully saturated rings. The molecule has 2 rings (SSSR count). The number of nitrogens with zero attached hydrogens (tertiary/aromatic N) is 2. The van der Waals surface area contributed by atoms with Gasteiger partial charge in [0.2, 0.25) is 0 Å². The van der Waals surface area contributed by atoms with Gasteiger partial charge in [-0.2, -0.15) is 0 Å². The van der Waals surface area contributed by atoms with Crippen molar-refractivity contribution in [2.45, 2.75) is 0 Å². The van der Waals surface area contributed by atoms with Gasteiger partial charge >= 0.3 is 23.9 Å². The molecular weight excluding hydrogens is 412 g/mol. The molecule has 152 valence electrons. The number of hydrogen-bond acceptors (Lipinski definition) is 12. The van der Waals surface area contributed by atoms with Crippen LogP contribution in [0.5, 0.6) is 0 Å². The second-order valence-electron chi connectivity index (χ2n) is 5.25. The fourth-order valence-corrected chi connectivity index (χ4v) is 4.93. The average Bonchev–Trinajstić information content (AvgIpc) is 3.22. The van der Waals surface area contributed by atoms with E-state index in [9.17, 15) is 19.2 Å². The van der Waals surface area contributed by atoms with Gasteiger partial charge < -0.3 is 28.7 Å². The molecule has 0 aromatic carbocycles. The molecule has 2 aliphatic heterocycles. The molecule has 0 aliphatic carbocycles. The van der Waals surface area contributed by atoms with E-state index >= 15 is 0 Å². The fourth-order valence-electron chi connectivity index (χ4n) is 2.42. The highest BCUT2D eigenvalue weighted by atomic mass is 32.2. The van der Waals surface area contributed by atoms with Crippen LogP contribution in [0.3, 0.4) is 0 Å². The summed E-state index contributed by atoms with van der Waals surface area (Å²) in [5.41, 5.74) is -0.0241. The largest absolute Gasteiger partial charge is 0.465 e. The summed E-state index contributed by atoms with van der Waals surface area (Å²) >= 11 is 1.93. The number of hydrogen-bond donors (Lipinski definition) is 0. The van der Waals surface area contributed by atoms with Crippen LogP contribution in [0, 0.1) is 0 Å². The number of methoxy groups -OCH3 is 4. The minimum absolute atomic E-state index is 0.0120. The van der Waals surface area contributed by atoms with Crippen LogP contribution < -0.4 is 0 Å². The fraction of sp³-hybridized carbons (Fsp3) is 0.375. The Morgan fingerprint density at radius 1 is 0.607 bits per heavy atom. The molecule has 2 aliphatic rings. The molecule has 0 aromatic rings. The molecule has 0 N–H and O–H groups in total. The molecule has 0 spiro atoms. The second-order valence-corrected chi connectivity index (χ2v) is 7.25. The van der Waals surface area contributed by atoms with Gasteiger partial charge in [-0.25, -0.2) is 19.2 Å². The molecule has 0 bridgehead atoms. The monoisotopic (exact) mass is 430 g/mol.